The van der Waals surface area contributed by atoms with Crippen molar-refractivity contribution in [3.05, 3.63) is 11.8 Å². The zero-order valence-electron chi connectivity index (χ0n) is 11.7. The van der Waals surface area contributed by atoms with E-state index < -0.39 is 10.0 Å². The van der Waals surface area contributed by atoms with Gasteiger partial charge in [0.05, 0.1) is 6.20 Å². The number of hydrogen-bond acceptors (Lipinski definition) is 4. The predicted octanol–water partition coefficient (Wildman–Crippen LogP) is 1.08. The highest BCUT2D eigenvalue weighted by Crippen LogP contribution is 2.26. The molecule has 7 heteroatoms. The molecule has 2 N–H and O–H groups in total. The third kappa shape index (κ3) is 2.98. The topological polar surface area (TPSA) is 78.1 Å². The normalized spacial score (nSPS) is 21.4. The maximum Gasteiger partial charge on any atom is 0.260 e. The number of hydrogen-bond donors (Lipinski definition) is 2. The van der Waals surface area contributed by atoms with Crippen molar-refractivity contribution in [3.8, 4) is 0 Å². The Bertz CT molecular complexity index is 524. The minimum Gasteiger partial charge on any atom is -0.310 e. The van der Waals surface area contributed by atoms with Crippen molar-refractivity contribution in [1.82, 2.24) is 19.8 Å². The molecule has 0 aromatic carbocycles. The van der Waals surface area contributed by atoms with Crippen LogP contribution in [0.1, 0.15) is 39.2 Å². The van der Waals surface area contributed by atoms with Gasteiger partial charge < -0.3 is 5.32 Å². The number of sulfonamides is 1. The van der Waals surface area contributed by atoms with Crippen LogP contribution < -0.4 is 5.32 Å². The molecule has 1 saturated heterocycles. The largest absolute Gasteiger partial charge is 0.310 e. The predicted molar refractivity (Wildman–Crippen MR) is 73.2 cm³/mol. The van der Waals surface area contributed by atoms with Crippen LogP contribution in [0.2, 0.25) is 0 Å². The average Bonchev–Trinajstić information content (AvgIpc) is 2.94. The van der Waals surface area contributed by atoms with Gasteiger partial charge in [-0.05, 0) is 19.8 Å². The van der Waals surface area contributed by atoms with Gasteiger partial charge in [0.25, 0.3) is 10.0 Å². The van der Waals surface area contributed by atoms with Crippen LogP contribution in [-0.2, 0) is 16.6 Å². The molecule has 0 spiro atoms. The van der Waals surface area contributed by atoms with Gasteiger partial charge in [0.2, 0.25) is 0 Å². The van der Waals surface area contributed by atoms with Crippen molar-refractivity contribution in [2.24, 2.45) is 0 Å². The number of nitrogens with one attached hydrogen (secondary N) is 2. The van der Waals surface area contributed by atoms with Crippen LogP contribution in [0, 0.1) is 0 Å². The first-order valence-corrected chi connectivity index (χ1v) is 8.14. The van der Waals surface area contributed by atoms with Crippen molar-refractivity contribution in [1.29, 1.82) is 0 Å². The highest BCUT2D eigenvalue weighted by molar-refractivity contribution is 7.89. The van der Waals surface area contributed by atoms with E-state index in [-0.39, 0.29) is 11.1 Å². The van der Waals surface area contributed by atoms with E-state index in [1.165, 1.54) is 0 Å². The Balaban J connectivity index is 2.23. The van der Waals surface area contributed by atoms with Crippen LogP contribution in [-0.4, -0.2) is 41.5 Å². The van der Waals surface area contributed by atoms with Gasteiger partial charge in [-0.25, -0.2) is 8.42 Å². The van der Waals surface area contributed by atoms with Crippen molar-refractivity contribution >= 4 is 10.0 Å². The maximum atomic E-state index is 12.6. The molecule has 1 aliphatic heterocycles. The lowest BCUT2D eigenvalue weighted by Gasteiger charge is -2.20. The molecule has 0 saturated carbocycles. The monoisotopic (exact) mass is 286 g/mol. The first-order valence-electron chi connectivity index (χ1n) is 6.70. The summed E-state index contributed by atoms with van der Waals surface area (Å²) in [5.74, 6) is 0. The molecule has 19 heavy (non-hydrogen) atoms. The Morgan fingerprint density at radius 2 is 2.32 bits per heavy atom. The second-order valence-electron chi connectivity index (χ2n) is 5.37. The summed E-state index contributed by atoms with van der Waals surface area (Å²) in [6, 6.07) is 0.371. The third-order valence-corrected chi connectivity index (χ3v) is 5.47. The fourth-order valence-corrected chi connectivity index (χ4v) is 4.15. The van der Waals surface area contributed by atoms with Gasteiger partial charge in [0.1, 0.15) is 0 Å². The molecule has 1 fully saturated rings. The number of aromatic nitrogens is 2. The van der Waals surface area contributed by atoms with E-state index in [1.807, 2.05) is 20.8 Å². The number of nitrogens with zero attached hydrogens (tertiary/aromatic N) is 2. The summed E-state index contributed by atoms with van der Waals surface area (Å²) in [6.07, 6.45) is 3.43. The van der Waals surface area contributed by atoms with Crippen molar-refractivity contribution in [3.63, 3.8) is 0 Å². The molecule has 1 aromatic rings. The lowest BCUT2D eigenvalue weighted by atomic mass is 10.3. The summed E-state index contributed by atoms with van der Waals surface area (Å²) in [6.45, 7) is 7.10. The summed E-state index contributed by atoms with van der Waals surface area (Å²) in [4.78, 5) is 0. The molecule has 1 atom stereocenters. The molecular formula is C12H22N4O2S. The van der Waals surface area contributed by atoms with E-state index in [9.17, 15) is 8.42 Å². The Hall–Kier alpha value is -0.920. The van der Waals surface area contributed by atoms with Gasteiger partial charge >= 0.3 is 0 Å². The van der Waals surface area contributed by atoms with Gasteiger partial charge in [-0.2, -0.15) is 9.40 Å². The second-order valence-corrected chi connectivity index (χ2v) is 7.19. The standard InChI is InChI=1S/C12H22N4O2S/c1-9(2)13-7-11-8-14-15-12(11)19(17,18)16-6-4-5-10(16)3/h8-10,13H,4-7H2,1-3H3,(H,14,15). The van der Waals surface area contributed by atoms with Crippen molar-refractivity contribution < 1.29 is 8.42 Å². The van der Waals surface area contributed by atoms with E-state index in [0.29, 0.717) is 24.7 Å². The first kappa shape index (κ1) is 14.5. The summed E-state index contributed by atoms with van der Waals surface area (Å²) in [5, 5.41) is 9.99. The van der Waals surface area contributed by atoms with E-state index >= 15 is 0 Å². The van der Waals surface area contributed by atoms with Crippen molar-refractivity contribution in [2.45, 2.75) is 57.3 Å². The summed E-state index contributed by atoms with van der Waals surface area (Å²) in [5.41, 5.74) is 0.702. The fraction of sp³-hybridized carbons (Fsp3) is 0.750. The van der Waals surface area contributed by atoms with Crippen LogP contribution in [0.4, 0.5) is 0 Å². The molecule has 1 unspecified atom stereocenters. The van der Waals surface area contributed by atoms with Crippen LogP contribution in [0.15, 0.2) is 11.2 Å². The maximum absolute atomic E-state index is 12.6. The van der Waals surface area contributed by atoms with E-state index in [0.717, 1.165) is 12.8 Å². The quantitative estimate of drug-likeness (QED) is 0.849. The van der Waals surface area contributed by atoms with Gasteiger partial charge in [0, 0.05) is 30.7 Å². The molecule has 2 rings (SSSR count). The Labute approximate surface area is 114 Å². The SMILES string of the molecule is CC(C)NCc1cn[nH]c1S(=O)(=O)N1CCCC1C. The Kier molecular flexibility index (Phi) is 4.27. The summed E-state index contributed by atoms with van der Waals surface area (Å²) >= 11 is 0. The molecular weight excluding hydrogens is 264 g/mol. The van der Waals surface area contributed by atoms with E-state index in [4.69, 9.17) is 0 Å². The van der Waals surface area contributed by atoms with Crippen LogP contribution in [0.5, 0.6) is 0 Å². The molecule has 1 aliphatic rings. The minimum absolute atomic E-state index is 0.0687. The smallest absolute Gasteiger partial charge is 0.260 e. The lowest BCUT2D eigenvalue weighted by molar-refractivity contribution is 0.405. The number of H-pyrrole nitrogens is 1. The van der Waals surface area contributed by atoms with Crippen LogP contribution >= 0.6 is 0 Å². The molecule has 0 amide bonds. The Morgan fingerprint density at radius 3 is 2.89 bits per heavy atom. The highest BCUT2D eigenvalue weighted by atomic mass is 32.2. The highest BCUT2D eigenvalue weighted by Gasteiger charge is 2.35. The van der Waals surface area contributed by atoms with Crippen molar-refractivity contribution in [2.75, 3.05) is 6.54 Å². The molecule has 6 nitrogen and oxygen atoms in total. The zero-order valence-corrected chi connectivity index (χ0v) is 12.5. The van der Waals surface area contributed by atoms with Gasteiger partial charge in [0.15, 0.2) is 5.03 Å². The van der Waals surface area contributed by atoms with E-state index in [1.54, 1.807) is 10.5 Å². The molecule has 108 valence electrons. The van der Waals surface area contributed by atoms with Gasteiger partial charge in [-0.1, -0.05) is 13.8 Å². The first-order chi connectivity index (χ1) is 8.93. The molecule has 2 heterocycles. The molecule has 0 aliphatic carbocycles. The average molecular weight is 286 g/mol. The summed E-state index contributed by atoms with van der Waals surface area (Å²) in [7, 11) is -3.45. The second kappa shape index (κ2) is 5.60. The Morgan fingerprint density at radius 1 is 1.58 bits per heavy atom. The molecule has 0 bridgehead atoms. The lowest BCUT2D eigenvalue weighted by Crippen LogP contribution is -2.35. The summed E-state index contributed by atoms with van der Waals surface area (Å²) < 4.78 is 26.8. The van der Waals surface area contributed by atoms with Gasteiger partial charge in [-0.3, -0.25) is 5.10 Å². The molecule has 1 aromatic heterocycles. The minimum atomic E-state index is -3.45. The fourth-order valence-electron chi connectivity index (χ4n) is 2.34. The van der Waals surface area contributed by atoms with Gasteiger partial charge in [-0.15, -0.1) is 0 Å². The molecule has 0 radical (unpaired) electrons. The van der Waals surface area contributed by atoms with E-state index in [2.05, 4.69) is 15.5 Å². The zero-order chi connectivity index (χ0) is 14.0. The number of aromatic amines is 1. The third-order valence-electron chi connectivity index (χ3n) is 3.44. The number of rotatable bonds is 5. The van der Waals surface area contributed by atoms with Crippen LogP contribution in [0.3, 0.4) is 0 Å². The van der Waals surface area contributed by atoms with Crippen LogP contribution in [0.25, 0.3) is 0 Å².